The van der Waals surface area contributed by atoms with Crippen LogP contribution in [-0.4, -0.2) is 59.9 Å². The normalized spacial score (nSPS) is 14.7. The number of hydrogen-bond acceptors (Lipinski definition) is 9. The van der Waals surface area contributed by atoms with Gasteiger partial charge in [0.15, 0.2) is 6.10 Å². The largest absolute Gasteiger partial charge is 0.480 e. The maximum atomic E-state index is 12.6. The van der Waals surface area contributed by atoms with Crippen LogP contribution in [-0.2, 0) is 37.5 Å². The van der Waals surface area contributed by atoms with E-state index in [2.05, 4.69) is 103 Å². The van der Waals surface area contributed by atoms with E-state index in [0.717, 1.165) is 103 Å². The molecule has 2 unspecified atom stereocenters. The topological polar surface area (TPSA) is 172 Å². The number of esters is 2. The van der Waals surface area contributed by atoms with Crippen LogP contribution in [0.15, 0.2) is 109 Å². The molecule has 4 N–H and O–H groups in total. The smallest absolute Gasteiger partial charge is 0.472 e. The van der Waals surface area contributed by atoms with Gasteiger partial charge in [0, 0.05) is 12.8 Å². The van der Waals surface area contributed by atoms with E-state index in [1.165, 1.54) is 0 Å². The van der Waals surface area contributed by atoms with Gasteiger partial charge < -0.3 is 25.2 Å². The van der Waals surface area contributed by atoms with E-state index in [-0.39, 0.29) is 19.4 Å². The average molecular weight is 858 g/mol. The van der Waals surface area contributed by atoms with Crippen LogP contribution in [0.3, 0.4) is 0 Å². The zero-order chi connectivity index (χ0) is 44.2. The number of carbonyl (C=O) groups excluding carboxylic acids is 2. The molecular formula is C48H76NO10P. The fourth-order valence-corrected chi connectivity index (χ4v) is 5.96. The summed E-state index contributed by atoms with van der Waals surface area (Å²) >= 11 is 0. The Kier molecular flexibility index (Phi) is 39.2. The first-order chi connectivity index (χ1) is 29.1. The van der Waals surface area contributed by atoms with Gasteiger partial charge in [-0.05, 0) is 83.5 Å². The maximum absolute atomic E-state index is 12.6. The summed E-state index contributed by atoms with van der Waals surface area (Å²) in [4.78, 5) is 45.9. The molecule has 0 fully saturated rings. The SMILES string of the molecule is CC/C=C/C=C/C=C/CCCCCCCC(=O)OC(COC(=O)CCCCCC/C=C/C/C=C/C/C=C/C/C=C/C/C=C/C/C=C/CC)COP(=O)(O)OC[C@H](N)C(=O)O. The van der Waals surface area contributed by atoms with Gasteiger partial charge in [-0.15, -0.1) is 0 Å². The molecule has 0 aromatic carbocycles. The Labute approximate surface area is 361 Å². The monoisotopic (exact) mass is 858 g/mol. The second-order valence-electron chi connectivity index (χ2n) is 14.1. The van der Waals surface area contributed by atoms with Gasteiger partial charge in [0.1, 0.15) is 12.6 Å². The molecule has 0 aliphatic rings. The minimum absolute atomic E-state index is 0.125. The minimum atomic E-state index is -4.74. The van der Waals surface area contributed by atoms with E-state index in [0.29, 0.717) is 12.8 Å². The van der Waals surface area contributed by atoms with Crippen LogP contribution in [0.4, 0.5) is 0 Å². The Hall–Kier alpha value is -3.86. The van der Waals surface area contributed by atoms with Gasteiger partial charge in [-0.1, -0.05) is 155 Å². The number of ether oxygens (including phenoxy) is 2. The lowest BCUT2D eigenvalue weighted by atomic mass is 10.1. The molecule has 11 nitrogen and oxygen atoms in total. The quantitative estimate of drug-likeness (QED) is 0.0177. The van der Waals surface area contributed by atoms with Crippen LogP contribution in [0.5, 0.6) is 0 Å². The molecule has 0 aromatic heterocycles. The molecule has 0 aliphatic heterocycles. The molecule has 0 saturated carbocycles. The molecule has 0 bridgehead atoms. The van der Waals surface area contributed by atoms with E-state index < -0.39 is 51.1 Å². The second-order valence-corrected chi connectivity index (χ2v) is 15.6. The van der Waals surface area contributed by atoms with Crippen LogP contribution in [0, 0.1) is 0 Å². The third kappa shape index (κ3) is 40.9. The van der Waals surface area contributed by atoms with Gasteiger partial charge in [0.25, 0.3) is 0 Å². The number of phosphoric ester groups is 1. The van der Waals surface area contributed by atoms with E-state index in [9.17, 15) is 23.8 Å². The Morgan fingerprint density at radius 1 is 0.533 bits per heavy atom. The van der Waals surface area contributed by atoms with Gasteiger partial charge in [-0.3, -0.25) is 23.4 Å². The minimum Gasteiger partial charge on any atom is -0.480 e. The first-order valence-electron chi connectivity index (χ1n) is 21.9. The number of carboxylic acids is 1. The van der Waals surface area contributed by atoms with Crippen LogP contribution in [0.25, 0.3) is 0 Å². The van der Waals surface area contributed by atoms with Crippen molar-refractivity contribution in [3.63, 3.8) is 0 Å². The number of carbonyl (C=O) groups is 3. The predicted molar refractivity (Wildman–Crippen MR) is 244 cm³/mol. The predicted octanol–water partition coefficient (Wildman–Crippen LogP) is 11.8. The molecular weight excluding hydrogens is 781 g/mol. The lowest BCUT2D eigenvalue weighted by Gasteiger charge is -2.20. The summed E-state index contributed by atoms with van der Waals surface area (Å²) in [5.41, 5.74) is 5.33. The molecule has 0 radical (unpaired) electrons. The number of phosphoric acid groups is 1. The molecule has 0 saturated heterocycles. The molecule has 12 heteroatoms. The summed E-state index contributed by atoms with van der Waals surface area (Å²) in [6.45, 7) is 2.48. The highest BCUT2D eigenvalue weighted by atomic mass is 31.2. The first-order valence-corrected chi connectivity index (χ1v) is 23.4. The van der Waals surface area contributed by atoms with E-state index >= 15 is 0 Å². The Balaban J connectivity index is 4.41. The fourth-order valence-electron chi connectivity index (χ4n) is 5.18. The van der Waals surface area contributed by atoms with E-state index in [4.69, 9.17) is 24.8 Å². The summed E-state index contributed by atoms with van der Waals surface area (Å²) in [6, 6.07) is -1.54. The van der Waals surface area contributed by atoms with Crippen molar-refractivity contribution < 1.29 is 47.5 Å². The Bertz CT molecular complexity index is 1430. The second kappa shape index (κ2) is 41.9. The molecule has 338 valence electrons. The number of aliphatic carboxylic acids is 1. The molecule has 3 atom stereocenters. The molecule has 0 aliphatic carbocycles. The highest BCUT2D eigenvalue weighted by molar-refractivity contribution is 7.47. The van der Waals surface area contributed by atoms with Crippen molar-refractivity contribution in [3.05, 3.63) is 109 Å². The number of allylic oxidation sites excluding steroid dienone is 18. The molecule has 60 heavy (non-hydrogen) atoms. The standard InChI is InChI=1S/C48H76NO10P/c1-3-5-7-9-11-13-15-17-18-19-20-21-22-23-24-25-26-28-29-31-33-35-37-39-46(50)56-41-44(42-57-60(54,55)58-43-45(49)48(52)53)59-47(51)40-38-36-34-32-30-27-16-14-12-10-8-6-4-2/h5-8,10-14,16-18,20-21,23-24,26,28,44-45H,3-4,9,15,19,22,25,27,29-43,49H2,1-2H3,(H,52,53)(H,54,55)/b7-5+,8-6+,12-10+,13-11+,16-14+,18-17+,21-20+,24-23+,28-26+/t44?,45-/m0/s1. The van der Waals surface area contributed by atoms with Crippen LogP contribution < -0.4 is 5.73 Å². The van der Waals surface area contributed by atoms with Crippen molar-refractivity contribution in [1.29, 1.82) is 0 Å². The van der Waals surface area contributed by atoms with Crippen LogP contribution >= 0.6 is 7.82 Å². The molecule has 0 heterocycles. The molecule has 0 rings (SSSR count). The van der Waals surface area contributed by atoms with E-state index in [1.807, 2.05) is 24.3 Å². The number of rotatable bonds is 39. The summed E-state index contributed by atoms with van der Waals surface area (Å²) < 4.78 is 32.6. The third-order valence-electron chi connectivity index (χ3n) is 8.58. The van der Waals surface area contributed by atoms with E-state index in [1.54, 1.807) is 0 Å². The summed E-state index contributed by atoms with van der Waals surface area (Å²) in [5, 5.41) is 8.89. The van der Waals surface area contributed by atoms with Gasteiger partial charge in [-0.25, -0.2) is 4.57 Å². The van der Waals surface area contributed by atoms with Crippen molar-refractivity contribution in [2.45, 2.75) is 154 Å². The zero-order valence-corrected chi connectivity index (χ0v) is 37.4. The molecule has 0 spiro atoms. The highest BCUT2D eigenvalue weighted by Crippen LogP contribution is 2.43. The average Bonchev–Trinajstić information content (AvgIpc) is 3.22. The first kappa shape index (κ1) is 56.1. The van der Waals surface area contributed by atoms with Crippen molar-refractivity contribution in [2.75, 3.05) is 19.8 Å². The lowest BCUT2D eigenvalue weighted by Crippen LogP contribution is -2.34. The van der Waals surface area contributed by atoms with Crippen LogP contribution in [0.2, 0.25) is 0 Å². The summed E-state index contributed by atoms with van der Waals surface area (Å²) in [7, 11) is -4.74. The van der Waals surface area contributed by atoms with Gasteiger partial charge >= 0.3 is 25.7 Å². The number of unbranched alkanes of at least 4 members (excludes halogenated alkanes) is 9. The van der Waals surface area contributed by atoms with Crippen molar-refractivity contribution in [3.8, 4) is 0 Å². The van der Waals surface area contributed by atoms with Crippen LogP contribution in [0.1, 0.15) is 142 Å². The third-order valence-corrected chi connectivity index (χ3v) is 9.53. The molecule has 0 amide bonds. The van der Waals surface area contributed by atoms with Crippen molar-refractivity contribution in [1.82, 2.24) is 0 Å². The van der Waals surface area contributed by atoms with Crippen molar-refractivity contribution >= 4 is 25.7 Å². The van der Waals surface area contributed by atoms with Gasteiger partial charge in [0.05, 0.1) is 13.2 Å². The maximum Gasteiger partial charge on any atom is 0.472 e. The zero-order valence-electron chi connectivity index (χ0n) is 36.5. The molecule has 0 aromatic rings. The highest BCUT2D eigenvalue weighted by Gasteiger charge is 2.28. The fraction of sp³-hybridized carbons (Fsp3) is 0.562. The Morgan fingerprint density at radius 3 is 1.50 bits per heavy atom. The van der Waals surface area contributed by atoms with Gasteiger partial charge in [0.2, 0.25) is 0 Å². The number of carboxylic acid groups (broad SMARTS) is 1. The number of nitrogens with two attached hydrogens (primary N) is 1. The number of hydrogen-bond donors (Lipinski definition) is 3. The summed E-state index contributed by atoms with van der Waals surface area (Å²) in [5.74, 6) is -2.46. The lowest BCUT2D eigenvalue weighted by molar-refractivity contribution is -0.161. The van der Waals surface area contributed by atoms with Gasteiger partial charge in [-0.2, -0.15) is 0 Å². The van der Waals surface area contributed by atoms with Crippen molar-refractivity contribution in [2.24, 2.45) is 5.73 Å². The Morgan fingerprint density at radius 2 is 0.967 bits per heavy atom. The summed E-state index contributed by atoms with van der Waals surface area (Å²) in [6.07, 6.45) is 54.4.